The largest absolute Gasteiger partial charge is 0.497 e. The van der Waals surface area contributed by atoms with E-state index >= 15 is 0 Å². The van der Waals surface area contributed by atoms with Crippen molar-refractivity contribution in [1.29, 1.82) is 0 Å². The number of amides is 2. The van der Waals surface area contributed by atoms with Crippen LogP contribution in [0.1, 0.15) is 31.2 Å². The predicted molar refractivity (Wildman–Crippen MR) is 137 cm³/mol. The molecule has 2 aliphatic heterocycles. The molecule has 0 bridgehead atoms. The fraction of sp³-hybridized carbons (Fsp3) is 0.536. The first-order valence-electron chi connectivity index (χ1n) is 13.1. The lowest BCUT2D eigenvalue weighted by Crippen LogP contribution is -2.48. The van der Waals surface area contributed by atoms with E-state index in [1.54, 1.807) is 18.2 Å². The Balaban J connectivity index is 1.29. The van der Waals surface area contributed by atoms with E-state index in [0.29, 0.717) is 38.7 Å². The molecular formula is C28H36N4O4. The average Bonchev–Trinajstić information content (AvgIpc) is 3.76. The summed E-state index contributed by atoms with van der Waals surface area (Å²) >= 11 is 0. The first-order chi connectivity index (χ1) is 17.6. The van der Waals surface area contributed by atoms with Crippen LogP contribution < -0.4 is 9.64 Å². The molecule has 0 spiro atoms. The molecule has 2 unspecified atom stereocenters. The Bertz CT molecular complexity index is 1040. The normalized spacial score (nSPS) is 22.9. The van der Waals surface area contributed by atoms with Gasteiger partial charge in [0.1, 0.15) is 11.6 Å². The second kappa shape index (κ2) is 11.3. The molecule has 8 nitrogen and oxygen atoms in total. The summed E-state index contributed by atoms with van der Waals surface area (Å²) in [5.41, 5.74) is 1.00. The van der Waals surface area contributed by atoms with Crippen LogP contribution in [0.2, 0.25) is 0 Å². The molecule has 2 atom stereocenters. The number of aromatic nitrogens is 1. The number of hydrogen-bond donors (Lipinski definition) is 0. The number of ether oxygens (including phenoxy) is 2. The molecular weight excluding hydrogens is 456 g/mol. The summed E-state index contributed by atoms with van der Waals surface area (Å²) in [6, 6.07) is 13.6. The molecule has 1 aliphatic carbocycles. The van der Waals surface area contributed by atoms with Crippen molar-refractivity contribution in [2.75, 3.05) is 51.3 Å². The predicted octanol–water partition coefficient (Wildman–Crippen LogP) is 2.97. The Morgan fingerprint density at radius 3 is 2.75 bits per heavy atom. The first kappa shape index (κ1) is 24.6. The van der Waals surface area contributed by atoms with Gasteiger partial charge in [0.2, 0.25) is 11.8 Å². The fourth-order valence-corrected chi connectivity index (χ4v) is 5.14. The molecule has 3 fully saturated rings. The van der Waals surface area contributed by atoms with Crippen LogP contribution in [0.3, 0.4) is 0 Å². The summed E-state index contributed by atoms with van der Waals surface area (Å²) in [5.74, 6) is 2.14. The third-order valence-corrected chi connectivity index (χ3v) is 7.35. The highest BCUT2D eigenvalue weighted by Crippen LogP contribution is 2.30. The monoisotopic (exact) mass is 492 g/mol. The van der Waals surface area contributed by atoms with Gasteiger partial charge < -0.3 is 24.2 Å². The van der Waals surface area contributed by atoms with Gasteiger partial charge in [0, 0.05) is 45.5 Å². The summed E-state index contributed by atoms with van der Waals surface area (Å²) in [6.45, 7) is 3.71. The van der Waals surface area contributed by atoms with Crippen LogP contribution in [0.25, 0.3) is 0 Å². The lowest BCUT2D eigenvalue weighted by Gasteiger charge is -2.35. The molecule has 5 rings (SSSR count). The maximum atomic E-state index is 13.7. The summed E-state index contributed by atoms with van der Waals surface area (Å²) < 4.78 is 11.6. The summed E-state index contributed by atoms with van der Waals surface area (Å²) in [6.07, 6.45) is 5.75. The highest BCUT2D eigenvalue weighted by Gasteiger charge is 2.36. The van der Waals surface area contributed by atoms with E-state index in [2.05, 4.69) is 9.88 Å². The maximum absolute atomic E-state index is 13.7. The van der Waals surface area contributed by atoms with Crippen molar-refractivity contribution in [2.24, 2.45) is 11.8 Å². The number of carbonyl (C=O) groups is 2. The highest BCUT2D eigenvalue weighted by molar-refractivity contribution is 5.87. The van der Waals surface area contributed by atoms with Crippen molar-refractivity contribution < 1.29 is 19.1 Å². The van der Waals surface area contributed by atoms with Crippen LogP contribution in [-0.4, -0.2) is 79.1 Å². The minimum absolute atomic E-state index is 0.0407. The zero-order valence-corrected chi connectivity index (χ0v) is 21.1. The molecule has 1 aromatic carbocycles. The lowest BCUT2D eigenvalue weighted by molar-refractivity contribution is -0.141. The molecule has 2 amide bonds. The van der Waals surface area contributed by atoms with Gasteiger partial charge in [0.25, 0.3) is 0 Å². The van der Waals surface area contributed by atoms with Crippen LogP contribution >= 0.6 is 0 Å². The van der Waals surface area contributed by atoms with E-state index < -0.39 is 0 Å². The zero-order chi connectivity index (χ0) is 24.9. The maximum Gasteiger partial charge on any atom is 0.242 e. The standard InChI is InChI=1S/C28H36N4O4/c1-35-24-8-4-6-22(14-24)15-31-17-25(36-20-21-10-11-21)18-32(19-27(31)33)28(34)23-7-5-13-30(16-23)26-9-2-3-12-29-26/h2-4,6,8-9,12,14,21,23,25H,5,7,10-11,13,15-20H2,1H3. The van der Waals surface area contributed by atoms with E-state index in [1.165, 1.54) is 12.8 Å². The second-order valence-electron chi connectivity index (χ2n) is 10.2. The molecule has 2 saturated heterocycles. The van der Waals surface area contributed by atoms with Crippen LogP contribution in [-0.2, 0) is 20.9 Å². The van der Waals surface area contributed by atoms with Crippen molar-refractivity contribution in [3.63, 3.8) is 0 Å². The minimum Gasteiger partial charge on any atom is -0.497 e. The highest BCUT2D eigenvalue weighted by atomic mass is 16.5. The van der Waals surface area contributed by atoms with E-state index in [0.717, 1.165) is 36.5 Å². The van der Waals surface area contributed by atoms with Gasteiger partial charge in [-0.1, -0.05) is 18.2 Å². The number of anilines is 1. The Kier molecular flexibility index (Phi) is 7.70. The summed E-state index contributed by atoms with van der Waals surface area (Å²) in [5, 5.41) is 0. The number of nitrogens with zero attached hydrogens (tertiary/aromatic N) is 4. The Hall–Kier alpha value is -3.13. The minimum atomic E-state index is -0.193. The molecule has 1 aromatic heterocycles. The van der Waals surface area contributed by atoms with Gasteiger partial charge in [0.15, 0.2) is 0 Å². The van der Waals surface area contributed by atoms with Crippen LogP contribution in [0, 0.1) is 11.8 Å². The molecule has 1 saturated carbocycles. The second-order valence-corrected chi connectivity index (χ2v) is 10.2. The van der Waals surface area contributed by atoms with Crippen LogP contribution in [0.15, 0.2) is 48.7 Å². The van der Waals surface area contributed by atoms with Gasteiger partial charge >= 0.3 is 0 Å². The third-order valence-electron chi connectivity index (χ3n) is 7.35. The van der Waals surface area contributed by atoms with Gasteiger partial charge in [-0.2, -0.15) is 0 Å². The Morgan fingerprint density at radius 1 is 1.08 bits per heavy atom. The van der Waals surface area contributed by atoms with Crippen molar-refractivity contribution >= 4 is 17.6 Å². The van der Waals surface area contributed by atoms with E-state index in [1.807, 2.05) is 47.4 Å². The number of benzene rings is 1. The molecule has 0 N–H and O–H groups in total. The number of pyridine rings is 1. The molecule has 8 heteroatoms. The molecule has 2 aromatic rings. The Morgan fingerprint density at radius 2 is 1.97 bits per heavy atom. The zero-order valence-electron chi connectivity index (χ0n) is 21.1. The lowest BCUT2D eigenvalue weighted by atomic mass is 9.96. The van der Waals surface area contributed by atoms with Gasteiger partial charge in [-0.05, 0) is 61.4 Å². The van der Waals surface area contributed by atoms with Gasteiger partial charge in [-0.15, -0.1) is 0 Å². The number of methoxy groups -OCH3 is 1. The molecule has 3 aliphatic rings. The van der Waals surface area contributed by atoms with E-state index in [-0.39, 0.29) is 30.4 Å². The van der Waals surface area contributed by atoms with Crippen LogP contribution in [0.4, 0.5) is 5.82 Å². The number of piperidine rings is 1. The first-order valence-corrected chi connectivity index (χ1v) is 13.1. The number of carbonyl (C=O) groups excluding carboxylic acids is 2. The molecule has 192 valence electrons. The molecule has 0 radical (unpaired) electrons. The third kappa shape index (κ3) is 6.16. The van der Waals surface area contributed by atoms with Crippen molar-refractivity contribution in [2.45, 2.75) is 38.3 Å². The number of rotatable bonds is 8. The van der Waals surface area contributed by atoms with Crippen molar-refractivity contribution in [3.05, 3.63) is 54.2 Å². The molecule has 36 heavy (non-hydrogen) atoms. The quantitative estimate of drug-likeness (QED) is 0.564. The van der Waals surface area contributed by atoms with Crippen LogP contribution in [0.5, 0.6) is 5.75 Å². The smallest absolute Gasteiger partial charge is 0.242 e. The van der Waals surface area contributed by atoms with Gasteiger partial charge in [-0.25, -0.2) is 4.98 Å². The molecule has 3 heterocycles. The SMILES string of the molecule is COc1cccc(CN2CC(OCC3CC3)CN(C(=O)C3CCCN(c4ccccn4)C3)CC2=O)c1. The van der Waals surface area contributed by atoms with Crippen molar-refractivity contribution in [3.8, 4) is 5.75 Å². The van der Waals surface area contributed by atoms with E-state index in [9.17, 15) is 9.59 Å². The topological polar surface area (TPSA) is 75.2 Å². The summed E-state index contributed by atoms with van der Waals surface area (Å²) in [7, 11) is 1.64. The van der Waals surface area contributed by atoms with Gasteiger partial charge in [-0.3, -0.25) is 9.59 Å². The van der Waals surface area contributed by atoms with Gasteiger partial charge in [0.05, 0.1) is 25.7 Å². The van der Waals surface area contributed by atoms with E-state index in [4.69, 9.17) is 9.47 Å². The van der Waals surface area contributed by atoms with Crippen molar-refractivity contribution in [1.82, 2.24) is 14.8 Å². The number of hydrogen-bond acceptors (Lipinski definition) is 6. The fourth-order valence-electron chi connectivity index (χ4n) is 5.14. The Labute approximate surface area is 213 Å². The summed E-state index contributed by atoms with van der Waals surface area (Å²) in [4.78, 5) is 37.3. The average molecular weight is 493 g/mol.